The Balaban J connectivity index is 1.65. The normalized spacial score (nSPS) is 18.5. The van der Waals surface area contributed by atoms with E-state index in [1.165, 1.54) is 25.4 Å². The summed E-state index contributed by atoms with van der Waals surface area (Å²) in [5.74, 6) is 0.530. The molecule has 0 aliphatic carbocycles. The van der Waals surface area contributed by atoms with Gasteiger partial charge >= 0.3 is 12.0 Å². The molecule has 1 unspecified atom stereocenters. The van der Waals surface area contributed by atoms with Crippen LogP contribution in [-0.4, -0.2) is 93.2 Å². The van der Waals surface area contributed by atoms with Gasteiger partial charge in [0.15, 0.2) is 17.3 Å². The Hall–Kier alpha value is -3.99. The molecule has 1 fully saturated rings. The van der Waals surface area contributed by atoms with Crippen LogP contribution in [0.4, 0.5) is 4.79 Å². The van der Waals surface area contributed by atoms with Gasteiger partial charge < -0.3 is 28.8 Å². The zero-order chi connectivity index (χ0) is 26.5. The van der Waals surface area contributed by atoms with Crippen LogP contribution in [0.25, 0.3) is 0 Å². The van der Waals surface area contributed by atoms with Crippen molar-refractivity contribution in [1.29, 1.82) is 0 Å². The largest absolute Gasteiger partial charge is 0.493 e. The van der Waals surface area contributed by atoms with Crippen molar-refractivity contribution in [2.75, 3.05) is 60.6 Å². The number of likely N-dealkylation sites (N-methyl/N-ethyl adjacent to an activating group) is 1. The summed E-state index contributed by atoms with van der Waals surface area (Å²) in [6.07, 6.45) is 1.48. The maximum absolute atomic E-state index is 13.3. The number of hydrogen-bond acceptors (Lipinski definition) is 8. The number of urea groups is 1. The number of esters is 1. The van der Waals surface area contributed by atoms with E-state index in [0.717, 1.165) is 0 Å². The lowest BCUT2D eigenvalue weighted by Gasteiger charge is -2.39. The Labute approximate surface area is 215 Å². The topological polar surface area (TPSA) is 114 Å². The van der Waals surface area contributed by atoms with E-state index in [-0.39, 0.29) is 18.5 Å². The van der Waals surface area contributed by atoms with Gasteiger partial charge in [0.05, 0.1) is 38.7 Å². The van der Waals surface area contributed by atoms with Gasteiger partial charge in [0.25, 0.3) is 5.91 Å². The van der Waals surface area contributed by atoms with Crippen LogP contribution in [0.15, 0.2) is 52.3 Å². The molecule has 2 aromatic rings. The first-order valence-corrected chi connectivity index (χ1v) is 12.1. The van der Waals surface area contributed by atoms with Gasteiger partial charge in [-0.05, 0) is 25.1 Å². The SMILES string of the molecule is CCOC(=O)C1=C(CN2CCN(C(=O)c3ccco3)CC2)N(C)C(=O)NC1c1cccc(OC)c1OC. The molecule has 37 heavy (non-hydrogen) atoms. The van der Waals surface area contributed by atoms with E-state index in [1.807, 2.05) is 0 Å². The van der Waals surface area contributed by atoms with Crippen molar-refractivity contribution < 1.29 is 33.0 Å². The summed E-state index contributed by atoms with van der Waals surface area (Å²) < 4.78 is 21.7. The average molecular weight is 513 g/mol. The second-order valence-corrected chi connectivity index (χ2v) is 8.65. The number of methoxy groups -OCH3 is 2. The first-order valence-electron chi connectivity index (χ1n) is 12.1. The molecule has 198 valence electrons. The fraction of sp³-hybridized carbons (Fsp3) is 0.423. The molecule has 4 rings (SSSR count). The number of para-hydroxylation sites is 1. The van der Waals surface area contributed by atoms with Crippen LogP contribution in [0.3, 0.4) is 0 Å². The highest BCUT2D eigenvalue weighted by atomic mass is 16.5. The molecule has 3 heterocycles. The molecule has 1 saturated heterocycles. The summed E-state index contributed by atoms with van der Waals surface area (Å²) in [5.41, 5.74) is 1.44. The number of nitrogens with one attached hydrogen (secondary N) is 1. The van der Waals surface area contributed by atoms with Crippen LogP contribution in [0.1, 0.15) is 29.1 Å². The number of amides is 3. The third-order valence-electron chi connectivity index (χ3n) is 6.58. The summed E-state index contributed by atoms with van der Waals surface area (Å²) in [6, 6.07) is 7.48. The van der Waals surface area contributed by atoms with E-state index < -0.39 is 12.0 Å². The van der Waals surface area contributed by atoms with Crippen LogP contribution in [0, 0.1) is 0 Å². The molecule has 11 heteroatoms. The van der Waals surface area contributed by atoms with Crippen LogP contribution >= 0.6 is 0 Å². The van der Waals surface area contributed by atoms with Crippen molar-refractivity contribution in [1.82, 2.24) is 20.0 Å². The quantitative estimate of drug-likeness (QED) is 0.536. The molecule has 0 spiro atoms. The number of carbonyl (C=O) groups is 3. The van der Waals surface area contributed by atoms with E-state index in [1.54, 1.807) is 49.2 Å². The molecule has 3 amide bonds. The number of furan rings is 1. The molecule has 0 bridgehead atoms. The lowest BCUT2D eigenvalue weighted by atomic mass is 9.93. The fourth-order valence-corrected chi connectivity index (χ4v) is 4.65. The predicted molar refractivity (Wildman–Crippen MR) is 133 cm³/mol. The van der Waals surface area contributed by atoms with Crippen LogP contribution in [0.2, 0.25) is 0 Å². The minimum Gasteiger partial charge on any atom is -0.493 e. The summed E-state index contributed by atoms with van der Waals surface area (Å²) in [4.78, 5) is 44.3. The molecule has 0 saturated carbocycles. The average Bonchev–Trinajstić information content (AvgIpc) is 3.46. The molecule has 0 radical (unpaired) electrons. The van der Waals surface area contributed by atoms with Gasteiger partial charge in [-0.25, -0.2) is 9.59 Å². The van der Waals surface area contributed by atoms with Crippen molar-refractivity contribution in [3.05, 3.63) is 59.2 Å². The number of rotatable bonds is 8. The Bertz CT molecular complexity index is 1170. The van der Waals surface area contributed by atoms with Gasteiger partial charge in [-0.1, -0.05) is 12.1 Å². The lowest BCUT2D eigenvalue weighted by molar-refractivity contribution is -0.139. The van der Waals surface area contributed by atoms with E-state index in [4.69, 9.17) is 18.6 Å². The summed E-state index contributed by atoms with van der Waals surface area (Å²) in [6.45, 7) is 4.35. The molecule has 1 N–H and O–H groups in total. The molecule has 1 aromatic heterocycles. The van der Waals surface area contributed by atoms with Gasteiger partial charge in [-0.15, -0.1) is 0 Å². The van der Waals surface area contributed by atoms with Crippen molar-refractivity contribution in [3.8, 4) is 11.5 Å². The van der Waals surface area contributed by atoms with E-state index in [2.05, 4.69) is 10.2 Å². The molecule has 1 atom stereocenters. The third kappa shape index (κ3) is 5.26. The highest BCUT2D eigenvalue weighted by molar-refractivity contribution is 5.95. The van der Waals surface area contributed by atoms with E-state index in [9.17, 15) is 14.4 Å². The molecular weight excluding hydrogens is 480 g/mol. The van der Waals surface area contributed by atoms with Gasteiger partial charge in [0.1, 0.15) is 0 Å². The maximum Gasteiger partial charge on any atom is 0.338 e. The minimum atomic E-state index is -0.801. The first kappa shape index (κ1) is 26.1. The fourth-order valence-electron chi connectivity index (χ4n) is 4.65. The standard InChI is InChI=1S/C26H32N4O7/c1-5-36-25(32)21-18(16-29-11-13-30(14-12-29)24(31)20-10-7-15-37-20)28(2)26(33)27-22(21)17-8-6-9-19(34-3)23(17)35-4/h6-10,15,22H,5,11-14,16H2,1-4H3,(H,27,33). The van der Waals surface area contributed by atoms with Gasteiger partial charge in [0.2, 0.25) is 0 Å². The number of nitrogens with zero attached hydrogens (tertiary/aromatic N) is 3. The first-order chi connectivity index (χ1) is 17.9. The zero-order valence-corrected chi connectivity index (χ0v) is 21.5. The number of carbonyl (C=O) groups excluding carboxylic acids is 3. The predicted octanol–water partition coefficient (Wildman–Crippen LogP) is 2.27. The Kier molecular flexibility index (Phi) is 8.02. The number of piperazine rings is 1. The molecule has 2 aliphatic rings. The summed E-state index contributed by atoms with van der Waals surface area (Å²) in [5, 5.41) is 2.91. The van der Waals surface area contributed by atoms with Crippen LogP contribution in [0.5, 0.6) is 11.5 Å². The van der Waals surface area contributed by atoms with Crippen molar-refractivity contribution in [3.63, 3.8) is 0 Å². The number of benzene rings is 1. The van der Waals surface area contributed by atoms with E-state index in [0.29, 0.717) is 66.8 Å². The lowest BCUT2D eigenvalue weighted by Crippen LogP contribution is -2.53. The smallest absolute Gasteiger partial charge is 0.338 e. The molecule has 1 aromatic carbocycles. The zero-order valence-electron chi connectivity index (χ0n) is 21.5. The number of ether oxygens (including phenoxy) is 3. The number of hydrogen-bond donors (Lipinski definition) is 1. The van der Waals surface area contributed by atoms with Crippen LogP contribution in [-0.2, 0) is 9.53 Å². The van der Waals surface area contributed by atoms with Crippen molar-refractivity contribution in [2.24, 2.45) is 0 Å². The minimum absolute atomic E-state index is 0.157. The molecule has 11 nitrogen and oxygen atoms in total. The summed E-state index contributed by atoms with van der Waals surface area (Å²) >= 11 is 0. The molecular formula is C26H32N4O7. The van der Waals surface area contributed by atoms with Gasteiger partial charge in [-0.3, -0.25) is 14.6 Å². The van der Waals surface area contributed by atoms with Gasteiger partial charge in [0, 0.05) is 51.0 Å². The maximum atomic E-state index is 13.3. The van der Waals surface area contributed by atoms with Crippen molar-refractivity contribution in [2.45, 2.75) is 13.0 Å². The van der Waals surface area contributed by atoms with Crippen molar-refractivity contribution >= 4 is 17.9 Å². The second kappa shape index (κ2) is 11.4. The van der Waals surface area contributed by atoms with Crippen LogP contribution < -0.4 is 14.8 Å². The van der Waals surface area contributed by atoms with Gasteiger partial charge in [-0.2, -0.15) is 0 Å². The third-order valence-corrected chi connectivity index (χ3v) is 6.58. The highest BCUT2D eigenvalue weighted by Crippen LogP contribution is 2.40. The Morgan fingerprint density at radius 1 is 1.08 bits per heavy atom. The van der Waals surface area contributed by atoms with E-state index >= 15 is 0 Å². The Morgan fingerprint density at radius 2 is 1.84 bits per heavy atom. The monoisotopic (exact) mass is 512 g/mol. The Morgan fingerprint density at radius 3 is 2.46 bits per heavy atom. The second-order valence-electron chi connectivity index (χ2n) is 8.65. The molecule has 2 aliphatic heterocycles. The summed E-state index contributed by atoms with van der Waals surface area (Å²) in [7, 11) is 4.66. The highest BCUT2D eigenvalue weighted by Gasteiger charge is 2.39.